The van der Waals surface area contributed by atoms with E-state index in [2.05, 4.69) is 4.74 Å². The third-order valence-electron chi connectivity index (χ3n) is 0.167. The van der Waals surface area contributed by atoms with Gasteiger partial charge in [0.2, 0.25) is 0 Å². The number of halogens is 2. The quantitative estimate of drug-likeness (QED) is 0.526. The number of nitrogens with two attached hydrogens (primary N) is 1. The van der Waals surface area contributed by atoms with Gasteiger partial charge < -0.3 is 10.5 Å². The van der Waals surface area contributed by atoms with E-state index in [1.165, 1.54) is 0 Å². The molecule has 0 saturated heterocycles. The van der Waals surface area contributed by atoms with Gasteiger partial charge in [-0.05, 0) is 0 Å². The number of hydrogen-bond donors (Lipinski definition) is 1. The highest BCUT2D eigenvalue weighted by Crippen LogP contribution is 1.40. The molecular weight excluding hydrogens is 125 g/mol. The molecule has 0 aliphatic heterocycles. The van der Waals surface area contributed by atoms with E-state index in [0.717, 1.165) is 0 Å². The Hall–Kier alpha value is 0.500. The van der Waals surface area contributed by atoms with Gasteiger partial charge in [-0.3, -0.25) is 0 Å². The Morgan fingerprint density at radius 2 is 1.67 bits per heavy atom. The average molecular weight is 134 g/mol. The summed E-state index contributed by atoms with van der Waals surface area (Å²) in [6.07, 6.45) is 0. The molecule has 0 rings (SSSR count). The molecule has 42 valence electrons. The first-order valence-corrected chi connectivity index (χ1v) is 1.11. The highest BCUT2D eigenvalue weighted by atomic mass is 35.5. The van der Waals surface area contributed by atoms with Gasteiger partial charge in [-0.2, -0.15) is 0 Å². The van der Waals surface area contributed by atoms with Crippen LogP contribution in [-0.4, -0.2) is 13.8 Å². The Labute approximate surface area is 49.9 Å². The topological polar surface area (TPSA) is 35.2 Å². The predicted octanol–water partition coefficient (Wildman–Crippen LogP) is 0.393. The molecule has 0 saturated carbocycles. The molecule has 0 unspecified atom stereocenters. The number of methoxy groups -OCH3 is 1. The summed E-state index contributed by atoms with van der Waals surface area (Å²) < 4.78 is 4.32. The number of hydrogen-bond acceptors (Lipinski definition) is 2. The molecule has 0 atom stereocenters. The fourth-order valence-corrected chi connectivity index (χ4v) is 0. The molecule has 0 aliphatic carbocycles. The molecule has 0 aliphatic rings. The van der Waals surface area contributed by atoms with Gasteiger partial charge in [-0.15, -0.1) is 24.8 Å². The maximum Gasteiger partial charge on any atom is 0.0936 e. The maximum absolute atomic E-state index is 4.81. The summed E-state index contributed by atoms with van der Waals surface area (Å²) in [6, 6.07) is 0. The average Bonchev–Trinajstić information content (AvgIpc) is 1.37. The van der Waals surface area contributed by atoms with Crippen LogP contribution < -0.4 is 5.73 Å². The van der Waals surface area contributed by atoms with Crippen molar-refractivity contribution in [3.63, 3.8) is 0 Å². The molecule has 0 fully saturated rings. The molecule has 4 heteroatoms. The van der Waals surface area contributed by atoms with Gasteiger partial charge in [0.1, 0.15) is 0 Å². The van der Waals surface area contributed by atoms with E-state index in [1.54, 1.807) is 7.11 Å². The van der Waals surface area contributed by atoms with Gasteiger partial charge in [0.15, 0.2) is 0 Å². The largest absolute Gasteiger partial charge is 0.370 e. The van der Waals surface area contributed by atoms with Crippen molar-refractivity contribution in [3.05, 3.63) is 0 Å². The molecule has 2 N–H and O–H groups in total. The van der Waals surface area contributed by atoms with Crippen LogP contribution in [0.4, 0.5) is 0 Å². The molecule has 0 heterocycles. The first kappa shape index (κ1) is 16.1. The second kappa shape index (κ2) is 17.8. The molecule has 0 aromatic rings. The van der Waals surface area contributed by atoms with Gasteiger partial charge in [0.05, 0.1) is 6.73 Å². The fraction of sp³-hybridized carbons (Fsp3) is 1.00. The van der Waals surface area contributed by atoms with Gasteiger partial charge in [0.25, 0.3) is 0 Å². The standard InChI is InChI=1S/C2H7NO.2ClH/c1-4-2-3;;/h2-3H2,1H3;2*1H. The summed E-state index contributed by atoms with van der Waals surface area (Å²) in [5.74, 6) is 0. The van der Waals surface area contributed by atoms with E-state index in [-0.39, 0.29) is 24.8 Å². The molecule has 0 aromatic carbocycles. The normalized spacial score (nSPS) is 5.00. The van der Waals surface area contributed by atoms with E-state index in [4.69, 9.17) is 5.73 Å². The Kier molecular flexibility index (Phi) is 47.7. The van der Waals surface area contributed by atoms with Crippen LogP contribution in [-0.2, 0) is 4.74 Å². The molecule has 2 nitrogen and oxygen atoms in total. The van der Waals surface area contributed by atoms with Crippen molar-refractivity contribution in [2.45, 2.75) is 0 Å². The second-order valence-electron chi connectivity index (χ2n) is 0.455. The third kappa shape index (κ3) is 24.5. The Bertz CT molecular complexity index is 13.5. The lowest BCUT2D eigenvalue weighted by Gasteiger charge is -1.77. The Morgan fingerprint density at radius 1 is 1.50 bits per heavy atom. The van der Waals surface area contributed by atoms with Crippen molar-refractivity contribution in [2.75, 3.05) is 13.8 Å². The van der Waals surface area contributed by atoms with Gasteiger partial charge in [0, 0.05) is 7.11 Å². The molecule has 0 amide bonds. The zero-order chi connectivity index (χ0) is 3.41. The van der Waals surface area contributed by atoms with E-state index >= 15 is 0 Å². The van der Waals surface area contributed by atoms with Crippen LogP contribution in [0.25, 0.3) is 0 Å². The third-order valence-corrected chi connectivity index (χ3v) is 0.167. The Morgan fingerprint density at radius 3 is 1.67 bits per heavy atom. The van der Waals surface area contributed by atoms with E-state index in [0.29, 0.717) is 6.73 Å². The van der Waals surface area contributed by atoms with E-state index in [1.807, 2.05) is 0 Å². The molecule has 0 radical (unpaired) electrons. The molecule has 0 spiro atoms. The summed E-state index contributed by atoms with van der Waals surface area (Å²) in [7, 11) is 1.56. The smallest absolute Gasteiger partial charge is 0.0936 e. The summed E-state index contributed by atoms with van der Waals surface area (Å²) in [4.78, 5) is 0. The minimum Gasteiger partial charge on any atom is -0.370 e. The maximum atomic E-state index is 4.81. The first-order chi connectivity index (χ1) is 1.91. The predicted molar refractivity (Wildman–Crippen MR) is 30.6 cm³/mol. The number of ether oxygens (including phenoxy) is 1. The van der Waals surface area contributed by atoms with E-state index < -0.39 is 0 Å². The first-order valence-electron chi connectivity index (χ1n) is 1.11. The van der Waals surface area contributed by atoms with Crippen LogP contribution in [0.1, 0.15) is 0 Å². The molecule has 0 aromatic heterocycles. The molecule has 0 bridgehead atoms. The van der Waals surface area contributed by atoms with Gasteiger partial charge >= 0.3 is 0 Å². The lowest BCUT2D eigenvalue weighted by atomic mass is 11.3. The van der Waals surface area contributed by atoms with Crippen molar-refractivity contribution in [3.8, 4) is 0 Å². The van der Waals surface area contributed by atoms with Crippen LogP contribution in [0.2, 0.25) is 0 Å². The monoisotopic (exact) mass is 133 g/mol. The van der Waals surface area contributed by atoms with Crippen LogP contribution in [0.5, 0.6) is 0 Å². The van der Waals surface area contributed by atoms with Crippen LogP contribution in [0.3, 0.4) is 0 Å². The zero-order valence-corrected chi connectivity index (χ0v) is 5.14. The van der Waals surface area contributed by atoms with Gasteiger partial charge in [-0.1, -0.05) is 0 Å². The van der Waals surface area contributed by atoms with Crippen LogP contribution in [0.15, 0.2) is 0 Å². The summed E-state index contributed by atoms with van der Waals surface area (Å²) in [5.41, 5.74) is 4.81. The van der Waals surface area contributed by atoms with Gasteiger partial charge in [-0.25, -0.2) is 0 Å². The van der Waals surface area contributed by atoms with Crippen molar-refractivity contribution in [1.82, 2.24) is 0 Å². The lowest BCUT2D eigenvalue weighted by molar-refractivity contribution is 0.207. The van der Waals surface area contributed by atoms with Crippen LogP contribution >= 0.6 is 24.8 Å². The summed E-state index contributed by atoms with van der Waals surface area (Å²) in [6.45, 7) is 0.319. The Balaban J connectivity index is -0.0000000450. The number of rotatable bonds is 1. The highest BCUT2D eigenvalue weighted by Gasteiger charge is 1.50. The van der Waals surface area contributed by atoms with Crippen LogP contribution in [0, 0.1) is 0 Å². The highest BCUT2D eigenvalue weighted by molar-refractivity contribution is 5.85. The minimum absolute atomic E-state index is 0. The summed E-state index contributed by atoms with van der Waals surface area (Å²) >= 11 is 0. The second-order valence-corrected chi connectivity index (χ2v) is 0.455. The summed E-state index contributed by atoms with van der Waals surface area (Å²) in [5, 5.41) is 0. The lowest BCUT2D eigenvalue weighted by Crippen LogP contribution is -1.98. The SMILES string of the molecule is COCN.Cl.Cl. The zero-order valence-electron chi connectivity index (χ0n) is 3.51. The van der Waals surface area contributed by atoms with E-state index in [9.17, 15) is 0 Å². The molecule has 6 heavy (non-hydrogen) atoms. The fourth-order valence-electron chi connectivity index (χ4n) is 0. The molecular formula is C2H9Cl2NO. The minimum atomic E-state index is 0. The van der Waals surface area contributed by atoms with Crippen molar-refractivity contribution in [1.29, 1.82) is 0 Å². The van der Waals surface area contributed by atoms with Crippen molar-refractivity contribution in [2.24, 2.45) is 5.73 Å². The van der Waals surface area contributed by atoms with Crippen molar-refractivity contribution >= 4 is 24.8 Å². The van der Waals surface area contributed by atoms with Crippen molar-refractivity contribution < 1.29 is 4.74 Å².